The highest BCUT2D eigenvalue weighted by molar-refractivity contribution is 8.54. The number of nitrogens with two attached hydrogens (primary N) is 2. The highest BCUT2D eigenvalue weighted by atomic mass is 32.7. The van der Waals surface area contributed by atoms with Crippen LogP contribution in [0.15, 0.2) is 78.2 Å². The van der Waals surface area contributed by atoms with E-state index in [9.17, 15) is 18.7 Å². The molecule has 2 aromatic carbocycles. The van der Waals surface area contributed by atoms with Crippen molar-refractivity contribution in [2.45, 2.75) is 61.9 Å². The SMILES string of the molecule is B[P@@]1(=O)OC[C@H]2O[C@@H](n3cnc4c(N)ccnc43)[C@H](F)[C@@H]2O[P@](=O)(SCc2ccc(OC(=O)c3ccc(OCC)cc3)cc2)OC[C@H]2O[C@@H](n3cnc4c(=O)[nH]c(N)nc43)[C@H](F)[C@@H]2O1. The van der Waals surface area contributed by atoms with E-state index in [0.29, 0.717) is 34.9 Å². The van der Waals surface area contributed by atoms with Gasteiger partial charge in [0.1, 0.15) is 41.4 Å². The van der Waals surface area contributed by atoms with Gasteiger partial charge in [-0.05, 0) is 66.3 Å². The second-order valence-corrected chi connectivity index (χ2v) is 20.8. The molecule has 3 saturated heterocycles. The molecule has 27 heteroatoms. The number of fused-ring (bicyclic) bond motifs is 4. The van der Waals surface area contributed by atoms with E-state index >= 15 is 8.78 Å². The number of aromatic nitrogens is 7. The van der Waals surface area contributed by atoms with Crippen molar-refractivity contribution >= 4 is 73.2 Å². The summed E-state index contributed by atoms with van der Waals surface area (Å²) < 4.78 is 111. The third-order valence-corrected chi connectivity index (χ3v) is 15.3. The van der Waals surface area contributed by atoms with Gasteiger partial charge in [0.2, 0.25) is 5.95 Å². The van der Waals surface area contributed by atoms with Gasteiger partial charge >= 0.3 is 12.8 Å². The molecule has 3 aliphatic heterocycles. The molecule has 0 radical (unpaired) electrons. The molecule has 6 aromatic rings. The number of anilines is 2. The molecule has 0 saturated carbocycles. The molecule has 0 spiro atoms. The number of alkyl halides is 2. The number of halogens is 2. The molecule has 4 aromatic heterocycles. The second-order valence-electron chi connectivity index (χ2n) is 14.7. The number of pyridine rings is 1. The van der Waals surface area contributed by atoms with Crippen molar-refractivity contribution in [3.05, 3.63) is 94.9 Å². The van der Waals surface area contributed by atoms with Crippen LogP contribution in [0.5, 0.6) is 11.5 Å². The zero-order valence-corrected chi connectivity index (χ0v) is 36.3. The van der Waals surface area contributed by atoms with Gasteiger partial charge in [-0.2, -0.15) is 4.98 Å². The molecule has 0 amide bonds. The Bertz CT molecular complexity index is 2860. The zero-order chi connectivity index (χ0) is 44.9. The van der Waals surface area contributed by atoms with Crippen LogP contribution in [0.1, 0.15) is 35.3 Å². The maximum atomic E-state index is 16.9. The fourth-order valence-electron chi connectivity index (χ4n) is 7.32. The van der Waals surface area contributed by atoms with Crippen LogP contribution in [0, 0.1) is 0 Å². The molecule has 5 N–H and O–H groups in total. The maximum Gasteiger partial charge on any atom is 0.389 e. The first-order valence-electron chi connectivity index (χ1n) is 19.6. The lowest BCUT2D eigenvalue weighted by atomic mass is 10.1. The predicted octanol–water partition coefficient (Wildman–Crippen LogP) is 4.42. The van der Waals surface area contributed by atoms with Crippen LogP contribution in [-0.2, 0) is 42.5 Å². The Hall–Kier alpha value is -5.23. The third kappa shape index (κ3) is 8.79. The smallest absolute Gasteiger partial charge is 0.389 e. The summed E-state index contributed by atoms with van der Waals surface area (Å²) in [7, 11) is -3.15. The van der Waals surface area contributed by atoms with Crippen molar-refractivity contribution < 1.29 is 59.7 Å². The van der Waals surface area contributed by atoms with Crippen LogP contribution in [0.3, 0.4) is 0 Å². The number of hydrogen-bond acceptors (Lipinski definition) is 19. The average molecular weight is 944 g/mol. The van der Waals surface area contributed by atoms with Gasteiger partial charge in [0.25, 0.3) is 20.6 Å². The van der Waals surface area contributed by atoms with Crippen molar-refractivity contribution in [1.29, 1.82) is 0 Å². The standard InChI is InChI=1S/C37H38BF2N9O12P2S/c1-2-54-20-9-5-19(6-10-20)36(51)57-21-7-3-18(4-8-21)15-64-63(53)56-14-24-29(25(39)35(59-24)49-17-45-28-32(49)46-37(42)47-33(28)50)60-62(38,52)55-13-23-30(61-63)26(40)34(58-23)48-16-44-27-22(41)11-12-43-31(27)48/h3-12,16-17,23-26,29-30,34-35H,2,13-15,38H2,1H3,(H2,41,43)(H3,42,46,47,50)/t23-,24-,25-,26-,29-,30-,34-,35-,62-,63-/m1/s1. The summed E-state index contributed by atoms with van der Waals surface area (Å²) >= 11 is 0.676. The van der Waals surface area contributed by atoms with Gasteiger partial charge in [-0.1, -0.05) is 12.1 Å². The van der Waals surface area contributed by atoms with Crippen LogP contribution in [0.4, 0.5) is 20.4 Å². The van der Waals surface area contributed by atoms with Crippen molar-refractivity contribution in [2.24, 2.45) is 0 Å². The molecule has 336 valence electrons. The number of carbonyl (C=O) groups excluding carboxylic acids is 1. The van der Waals surface area contributed by atoms with Gasteiger partial charge in [0, 0.05) is 11.9 Å². The summed E-state index contributed by atoms with van der Waals surface area (Å²) in [4.78, 5) is 44.3. The largest absolute Gasteiger partial charge is 0.494 e. The Morgan fingerprint density at radius 3 is 2.19 bits per heavy atom. The highest BCUT2D eigenvalue weighted by Crippen LogP contribution is 2.65. The summed E-state index contributed by atoms with van der Waals surface area (Å²) in [5.41, 5.74) is 12.4. The monoisotopic (exact) mass is 943 g/mol. The molecular weight excluding hydrogens is 905 g/mol. The van der Waals surface area contributed by atoms with Crippen LogP contribution < -0.4 is 26.5 Å². The molecule has 0 bridgehead atoms. The Kier molecular flexibility index (Phi) is 12.1. The minimum Gasteiger partial charge on any atom is -0.494 e. The van der Waals surface area contributed by atoms with Gasteiger partial charge in [-0.3, -0.25) is 32.5 Å². The van der Waals surface area contributed by atoms with Crippen LogP contribution in [-0.4, -0.2) is 104 Å². The van der Waals surface area contributed by atoms with Crippen LogP contribution in [0.25, 0.3) is 22.3 Å². The second kappa shape index (κ2) is 17.6. The zero-order valence-electron chi connectivity index (χ0n) is 33.7. The number of hydrogen-bond donors (Lipinski definition) is 3. The van der Waals surface area contributed by atoms with Crippen molar-refractivity contribution in [1.82, 2.24) is 34.1 Å². The first kappa shape index (κ1) is 44.0. The number of aromatic amines is 1. The quantitative estimate of drug-likeness (QED) is 0.0783. The molecule has 10 atom stereocenters. The lowest BCUT2D eigenvalue weighted by Gasteiger charge is -2.30. The summed E-state index contributed by atoms with van der Waals surface area (Å²) in [6.07, 6.45) is -9.70. The summed E-state index contributed by atoms with van der Waals surface area (Å²) in [5.74, 6) is -0.107. The highest BCUT2D eigenvalue weighted by Gasteiger charge is 2.54. The van der Waals surface area contributed by atoms with E-state index in [4.69, 9.17) is 48.5 Å². The van der Waals surface area contributed by atoms with Gasteiger partial charge in [0.15, 0.2) is 41.6 Å². The Morgan fingerprint density at radius 1 is 0.875 bits per heavy atom. The molecule has 3 aliphatic rings. The Labute approximate surface area is 365 Å². The van der Waals surface area contributed by atoms with E-state index in [2.05, 4.69) is 24.9 Å². The van der Waals surface area contributed by atoms with Gasteiger partial charge in [0.05, 0.1) is 43.7 Å². The number of imidazole rings is 2. The maximum absolute atomic E-state index is 16.9. The predicted molar refractivity (Wildman–Crippen MR) is 228 cm³/mol. The fourth-order valence-corrected chi connectivity index (χ4v) is 11.9. The Morgan fingerprint density at radius 2 is 1.50 bits per heavy atom. The van der Waals surface area contributed by atoms with E-state index in [1.807, 2.05) is 6.92 Å². The molecule has 9 rings (SSSR count). The van der Waals surface area contributed by atoms with Crippen LogP contribution in [0.2, 0.25) is 0 Å². The molecule has 3 fully saturated rings. The topological polar surface area (TPSA) is 271 Å². The van der Waals surface area contributed by atoms with E-state index in [1.54, 1.807) is 36.4 Å². The molecule has 64 heavy (non-hydrogen) atoms. The summed E-state index contributed by atoms with van der Waals surface area (Å²) in [6, 6.07) is 14.3. The number of nitrogens with zero attached hydrogens (tertiary/aromatic N) is 6. The minimum atomic E-state index is -4.55. The number of carbonyl (C=O) groups is 1. The average Bonchev–Trinajstić information content (AvgIpc) is 4.04. The molecular formula is C37H38BF2N9O12P2S. The lowest BCUT2D eigenvalue weighted by molar-refractivity contribution is -0.0546. The number of esters is 1. The van der Waals surface area contributed by atoms with E-state index in [0.717, 1.165) is 18.5 Å². The van der Waals surface area contributed by atoms with Crippen molar-refractivity contribution in [3.63, 3.8) is 0 Å². The first-order chi connectivity index (χ1) is 30.7. The molecule has 0 unspecified atom stereocenters. The van der Waals surface area contributed by atoms with Gasteiger partial charge < -0.3 is 39.5 Å². The van der Waals surface area contributed by atoms with E-state index in [1.165, 1.54) is 35.3 Å². The number of benzene rings is 2. The van der Waals surface area contributed by atoms with E-state index < -0.39 is 88.2 Å². The number of rotatable bonds is 9. The van der Waals surface area contributed by atoms with Crippen molar-refractivity contribution in [3.8, 4) is 11.5 Å². The first-order valence-corrected chi connectivity index (χ1v) is 24.7. The Balaban J connectivity index is 0.990. The number of ether oxygens (including phenoxy) is 4. The van der Waals surface area contributed by atoms with Crippen LogP contribution >= 0.6 is 25.7 Å². The van der Waals surface area contributed by atoms with Gasteiger partial charge in [-0.15, -0.1) is 0 Å². The van der Waals surface area contributed by atoms with E-state index in [-0.39, 0.29) is 45.5 Å². The van der Waals surface area contributed by atoms with Gasteiger partial charge in [-0.25, -0.2) is 33.1 Å². The normalized spacial score (nSPS) is 29.7. The summed E-state index contributed by atoms with van der Waals surface area (Å²) in [6.45, 7) is -3.58. The summed E-state index contributed by atoms with van der Waals surface area (Å²) in [5, 5.41) is 0. The lowest BCUT2D eigenvalue weighted by Crippen LogP contribution is -2.37. The molecule has 7 heterocycles. The third-order valence-electron chi connectivity index (χ3n) is 10.4. The number of H-pyrrole nitrogens is 1. The van der Waals surface area contributed by atoms with Crippen molar-refractivity contribution in [2.75, 3.05) is 31.3 Å². The number of nitrogens with one attached hydrogen (secondary N) is 1. The molecule has 0 aliphatic carbocycles. The minimum absolute atomic E-state index is 0.0541. The fraction of sp³-hybridized carbons (Fsp3) is 0.351. The number of nitrogen functional groups attached to an aromatic ring is 2. The molecule has 21 nitrogen and oxygen atoms in total.